The van der Waals surface area contributed by atoms with Crippen molar-refractivity contribution in [1.82, 2.24) is 4.67 Å². The Morgan fingerprint density at radius 3 is 1.83 bits per heavy atom. The van der Waals surface area contributed by atoms with Crippen molar-refractivity contribution in [2.75, 3.05) is 13.2 Å². The zero-order valence-electron chi connectivity index (χ0n) is 12.1. The zero-order valence-corrected chi connectivity index (χ0v) is 13.0. The maximum absolute atomic E-state index is 12.7. The molecule has 0 aromatic heterocycles. The van der Waals surface area contributed by atoms with E-state index in [1.54, 1.807) is 41.5 Å². The van der Waals surface area contributed by atoms with Crippen LogP contribution in [0.4, 0.5) is 0 Å². The van der Waals surface area contributed by atoms with Crippen LogP contribution in [0.15, 0.2) is 12.2 Å². The number of nitrogens with zero attached hydrogens (tertiary/aromatic N) is 1. The first-order chi connectivity index (χ1) is 8.10. The molecule has 0 radical (unpaired) electrons. The molecule has 0 N–H and O–H groups in total. The highest BCUT2D eigenvalue weighted by atomic mass is 31.2. The summed E-state index contributed by atoms with van der Waals surface area (Å²) < 4.78 is 24.3. The Balaban J connectivity index is 5.60. The molecule has 0 aromatic carbocycles. The molecule has 0 spiro atoms. The van der Waals surface area contributed by atoms with Gasteiger partial charge in [-0.2, -0.15) is 0 Å². The van der Waals surface area contributed by atoms with Crippen LogP contribution in [0.3, 0.4) is 0 Å². The van der Waals surface area contributed by atoms with Crippen LogP contribution in [0.2, 0.25) is 0 Å². The van der Waals surface area contributed by atoms with E-state index in [1.807, 2.05) is 0 Å². The van der Waals surface area contributed by atoms with Gasteiger partial charge in [0.25, 0.3) is 5.91 Å². The monoisotopic (exact) mass is 277 g/mol. The predicted molar refractivity (Wildman–Crippen MR) is 72.3 cm³/mol. The van der Waals surface area contributed by atoms with E-state index in [-0.39, 0.29) is 13.2 Å². The van der Waals surface area contributed by atoms with Gasteiger partial charge < -0.3 is 0 Å². The summed E-state index contributed by atoms with van der Waals surface area (Å²) in [7, 11) is -3.64. The molecule has 0 saturated carbocycles. The molecule has 0 saturated heterocycles. The number of rotatable bonds is 6. The summed E-state index contributed by atoms with van der Waals surface area (Å²) in [6, 6.07) is 0. The molecule has 0 heterocycles. The van der Waals surface area contributed by atoms with Gasteiger partial charge in [-0.05, 0) is 41.5 Å². The van der Waals surface area contributed by atoms with Crippen molar-refractivity contribution in [3.8, 4) is 0 Å². The highest BCUT2D eigenvalue weighted by molar-refractivity contribution is 7.52. The number of amides is 1. The van der Waals surface area contributed by atoms with Gasteiger partial charge in [0.2, 0.25) is 0 Å². The quantitative estimate of drug-likeness (QED) is 0.551. The molecule has 0 aliphatic heterocycles. The lowest BCUT2D eigenvalue weighted by atomic mass is 10.1. The minimum absolute atomic E-state index is 0.202. The molecule has 5 nitrogen and oxygen atoms in total. The van der Waals surface area contributed by atoms with E-state index in [2.05, 4.69) is 6.58 Å². The molecule has 0 aromatic rings. The Morgan fingerprint density at radius 2 is 1.61 bits per heavy atom. The van der Waals surface area contributed by atoms with E-state index in [1.165, 1.54) is 0 Å². The first-order valence-corrected chi connectivity index (χ1v) is 7.49. The van der Waals surface area contributed by atoms with Crippen LogP contribution >= 0.6 is 7.75 Å². The maximum atomic E-state index is 12.7. The second-order valence-corrected chi connectivity index (χ2v) is 6.73. The highest BCUT2D eigenvalue weighted by Gasteiger charge is 2.44. The standard InChI is InChI=1S/C12H24NO4P/c1-8-16-18(15,17-9-2)13(12(5,6)7)11(14)10(3)4/h3,8-9H2,1-2,4-7H3. The van der Waals surface area contributed by atoms with Crippen LogP contribution in [0, 0.1) is 0 Å². The van der Waals surface area contributed by atoms with Crippen LogP contribution in [-0.4, -0.2) is 29.3 Å². The lowest BCUT2D eigenvalue weighted by molar-refractivity contribution is -0.127. The van der Waals surface area contributed by atoms with Gasteiger partial charge in [0.15, 0.2) is 0 Å². The largest absolute Gasteiger partial charge is 0.438 e. The molecule has 0 unspecified atom stereocenters. The van der Waals surface area contributed by atoms with E-state index in [9.17, 15) is 9.36 Å². The van der Waals surface area contributed by atoms with Gasteiger partial charge in [-0.3, -0.25) is 13.8 Å². The third-order valence-corrected chi connectivity index (χ3v) is 4.46. The fourth-order valence-corrected chi connectivity index (χ4v) is 3.53. The van der Waals surface area contributed by atoms with E-state index in [0.29, 0.717) is 5.57 Å². The summed E-state index contributed by atoms with van der Waals surface area (Å²) in [4.78, 5) is 12.2. The summed E-state index contributed by atoms with van der Waals surface area (Å²) in [5, 5.41) is 0. The molecule has 18 heavy (non-hydrogen) atoms. The highest BCUT2D eigenvalue weighted by Crippen LogP contribution is 2.55. The van der Waals surface area contributed by atoms with Crippen molar-refractivity contribution in [2.24, 2.45) is 0 Å². The van der Waals surface area contributed by atoms with E-state index < -0.39 is 19.2 Å². The smallest absolute Gasteiger partial charge is 0.292 e. The number of carbonyl (C=O) groups is 1. The Labute approximate surface area is 110 Å². The van der Waals surface area contributed by atoms with Crippen molar-refractivity contribution in [3.63, 3.8) is 0 Å². The van der Waals surface area contributed by atoms with Gasteiger partial charge in [0.05, 0.1) is 13.2 Å². The van der Waals surface area contributed by atoms with Gasteiger partial charge in [0.1, 0.15) is 0 Å². The minimum Gasteiger partial charge on any atom is -0.292 e. The molecular formula is C12H24NO4P. The van der Waals surface area contributed by atoms with Crippen LogP contribution in [0.1, 0.15) is 41.5 Å². The fourth-order valence-electron chi connectivity index (χ4n) is 1.44. The third kappa shape index (κ3) is 4.23. The molecule has 6 heteroatoms. The molecular weight excluding hydrogens is 253 g/mol. The first-order valence-electron chi connectivity index (χ1n) is 5.99. The van der Waals surface area contributed by atoms with Gasteiger partial charge in [0, 0.05) is 11.1 Å². The molecule has 0 bridgehead atoms. The average molecular weight is 277 g/mol. The first kappa shape index (κ1) is 17.4. The zero-order chi connectivity index (χ0) is 14.6. The predicted octanol–water partition coefficient (Wildman–Crippen LogP) is 3.37. The summed E-state index contributed by atoms with van der Waals surface area (Å²) in [6.45, 7) is 14.3. The number of hydrogen-bond donors (Lipinski definition) is 0. The number of carbonyl (C=O) groups excluding carboxylic acids is 1. The average Bonchev–Trinajstić information content (AvgIpc) is 2.15. The Bertz CT molecular complexity index is 350. The molecule has 0 rings (SSSR count). The second kappa shape index (κ2) is 6.50. The number of hydrogen-bond acceptors (Lipinski definition) is 4. The third-order valence-electron chi connectivity index (χ3n) is 2.02. The maximum Gasteiger partial charge on any atom is 0.438 e. The summed E-state index contributed by atoms with van der Waals surface area (Å²) in [6.07, 6.45) is 0. The molecule has 0 aliphatic carbocycles. The Morgan fingerprint density at radius 1 is 1.22 bits per heavy atom. The van der Waals surface area contributed by atoms with Gasteiger partial charge in [-0.1, -0.05) is 6.58 Å². The van der Waals surface area contributed by atoms with E-state index in [4.69, 9.17) is 9.05 Å². The van der Waals surface area contributed by atoms with Gasteiger partial charge in [-0.25, -0.2) is 9.24 Å². The lowest BCUT2D eigenvalue weighted by Crippen LogP contribution is -2.44. The van der Waals surface area contributed by atoms with Crippen LogP contribution < -0.4 is 0 Å². The minimum atomic E-state index is -3.64. The summed E-state index contributed by atoms with van der Waals surface area (Å²) >= 11 is 0. The SMILES string of the molecule is C=C(C)C(=O)N(C(C)(C)C)P(=O)(OCC)OCC. The van der Waals surface area contributed by atoms with E-state index in [0.717, 1.165) is 4.67 Å². The topological polar surface area (TPSA) is 55.8 Å². The fraction of sp³-hybridized carbons (Fsp3) is 0.750. The second-order valence-electron chi connectivity index (χ2n) is 4.87. The Kier molecular flexibility index (Phi) is 6.27. The van der Waals surface area contributed by atoms with Gasteiger partial charge >= 0.3 is 7.75 Å². The van der Waals surface area contributed by atoms with Crippen LogP contribution in [-0.2, 0) is 18.4 Å². The van der Waals surface area contributed by atoms with Crippen molar-refractivity contribution < 1.29 is 18.4 Å². The lowest BCUT2D eigenvalue weighted by Gasteiger charge is -2.39. The van der Waals surface area contributed by atoms with Crippen LogP contribution in [0.25, 0.3) is 0 Å². The molecule has 0 fully saturated rings. The van der Waals surface area contributed by atoms with Crippen LogP contribution in [0.5, 0.6) is 0 Å². The summed E-state index contributed by atoms with van der Waals surface area (Å²) in [5.41, 5.74) is -0.389. The molecule has 0 aliphatic rings. The van der Waals surface area contributed by atoms with Crippen molar-refractivity contribution in [1.29, 1.82) is 0 Å². The van der Waals surface area contributed by atoms with Crippen molar-refractivity contribution in [3.05, 3.63) is 12.2 Å². The van der Waals surface area contributed by atoms with Crippen molar-refractivity contribution >= 4 is 13.7 Å². The normalized spacial score (nSPS) is 12.3. The molecule has 1 amide bonds. The summed E-state index contributed by atoms with van der Waals surface area (Å²) in [5.74, 6) is -0.423. The molecule has 106 valence electrons. The Hall–Kier alpha value is -0.640. The molecule has 0 atom stereocenters. The van der Waals surface area contributed by atoms with Crippen molar-refractivity contribution in [2.45, 2.75) is 47.1 Å². The van der Waals surface area contributed by atoms with E-state index >= 15 is 0 Å². The van der Waals surface area contributed by atoms with Gasteiger partial charge in [-0.15, -0.1) is 0 Å².